The fourth-order valence-corrected chi connectivity index (χ4v) is 2.81. The summed E-state index contributed by atoms with van der Waals surface area (Å²) in [5.74, 6) is -0.232. The Morgan fingerprint density at radius 2 is 1.86 bits per heavy atom. The van der Waals surface area contributed by atoms with E-state index in [0.29, 0.717) is 18.8 Å². The molecule has 0 aromatic heterocycles. The summed E-state index contributed by atoms with van der Waals surface area (Å²) >= 11 is 0. The van der Waals surface area contributed by atoms with Gasteiger partial charge in [0.1, 0.15) is 0 Å². The van der Waals surface area contributed by atoms with Gasteiger partial charge in [0, 0.05) is 25.7 Å². The summed E-state index contributed by atoms with van der Waals surface area (Å²) in [6.07, 6.45) is 1.00. The molecule has 0 spiro atoms. The van der Waals surface area contributed by atoms with Gasteiger partial charge in [0.05, 0.1) is 4.90 Å². The first-order valence-electron chi connectivity index (χ1n) is 6.95. The van der Waals surface area contributed by atoms with Gasteiger partial charge in [0.15, 0.2) is 0 Å². The Balaban J connectivity index is 0.00000441. The third-order valence-electron chi connectivity index (χ3n) is 2.85. The Morgan fingerprint density at radius 1 is 1.18 bits per heavy atom. The van der Waals surface area contributed by atoms with E-state index in [1.807, 2.05) is 13.8 Å². The first-order chi connectivity index (χ1) is 9.86. The maximum absolute atomic E-state index is 12.2. The van der Waals surface area contributed by atoms with Gasteiger partial charge in [-0.3, -0.25) is 4.79 Å². The van der Waals surface area contributed by atoms with Gasteiger partial charge in [0.25, 0.3) is 0 Å². The molecule has 1 amide bonds. The van der Waals surface area contributed by atoms with Crippen molar-refractivity contribution in [1.82, 2.24) is 10.0 Å². The van der Waals surface area contributed by atoms with Crippen molar-refractivity contribution in [3.05, 3.63) is 23.8 Å². The molecule has 1 aromatic rings. The van der Waals surface area contributed by atoms with Crippen molar-refractivity contribution >= 4 is 34.0 Å². The minimum absolute atomic E-state index is 0. The molecule has 0 bridgehead atoms. The van der Waals surface area contributed by atoms with Crippen LogP contribution in [0, 0.1) is 6.92 Å². The van der Waals surface area contributed by atoms with Gasteiger partial charge in [-0.2, -0.15) is 0 Å². The number of carbonyl (C=O) groups excluding carboxylic acids is 1. The highest BCUT2D eigenvalue weighted by atomic mass is 35.5. The van der Waals surface area contributed by atoms with E-state index >= 15 is 0 Å². The standard InChI is InChI=1S/C14H23N3O3S.ClH/c1-4-7-15-8-9-16-21(19,20)13-6-5-11(2)14(10-13)17-12(3)18;/h5-6,10,15-16H,4,7-9H2,1-3H3,(H,17,18);1H. The van der Waals surface area contributed by atoms with Gasteiger partial charge in [-0.1, -0.05) is 13.0 Å². The van der Waals surface area contributed by atoms with E-state index in [0.717, 1.165) is 18.5 Å². The number of carbonyl (C=O) groups is 1. The number of halogens is 1. The van der Waals surface area contributed by atoms with Crippen molar-refractivity contribution in [2.75, 3.05) is 25.0 Å². The number of hydrogen-bond acceptors (Lipinski definition) is 4. The molecule has 0 saturated carbocycles. The lowest BCUT2D eigenvalue weighted by Gasteiger charge is -2.11. The molecule has 0 fully saturated rings. The van der Waals surface area contributed by atoms with E-state index in [1.165, 1.54) is 19.1 Å². The molecule has 0 aliphatic heterocycles. The van der Waals surface area contributed by atoms with Crippen LogP contribution in [0.25, 0.3) is 0 Å². The largest absolute Gasteiger partial charge is 0.326 e. The van der Waals surface area contributed by atoms with Crippen LogP contribution in [-0.4, -0.2) is 34.0 Å². The lowest BCUT2D eigenvalue weighted by Crippen LogP contribution is -2.32. The number of amides is 1. The van der Waals surface area contributed by atoms with Crippen molar-refractivity contribution < 1.29 is 13.2 Å². The molecule has 1 aromatic carbocycles. The van der Waals surface area contributed by atoms with Gasteiger partial charge in [-0.15, -0.1) is 12.4 Å². The predicted octanol–water partition coefficient (Wildman–Crippen LogP) is 1.65. The van der Waals surface area contributed by atoms with E-state index < -0.39 is 10.0 Å². The maximum Gasteiger partial charge on any atom is 0.240 e. The minimum Gasteiger partial charge on any atom is -0.326 e. The predicted molar refractivity (Wildman–Crippen MR) is 91.1 cm³/mol. The normalized spacial score (nSPS) is 10.9. The monoisotopic (exact) mass is 349 g/mol. The van der Waals surface area contributed by atoms with Crippen LogP contribution in [0.5, 0.6) is 0 Å². The number of benzene rings is 1. The van der Waals surface area contributed by atoms with E-state index in [1.54, 1.807) is 6.07 Å². The molecule has 6 nitrogen and oxygen atoms in total. The Bertz CT molecular complexity index is 591. The Morgan fingerprint density at radius 3 is 2.45 bits per heavy atom. The first kappa shape index (κ1) is 20.9. The van der Waals surface area contributed by atoms with Crippen molar-refractivity contribution in [3.8, 4) is 0 Å². The lowest BCUT2D eigenvalue weighted by atomic mass is 10.2. The van der Waals surface area contributed by atoms with E-state index in [9.17, 15) is 13.2 Å². The van der Waals surface area contributed by atoms with Gasteiger partial charge >= 0.3 is 0 Å². The molecular weight excluding hydrogens is 326 g/mol. The fraction of sp³-hybridized carbons (Fsp3) is 0.500. The molecule has 22 heavy (non-hydrogen) atoms. The summed E-state index contributed by atoms with van der Waals surface area (Å²) in [4.78, 5) is 11.3. The molecule has 126 valence electrons. The van der Waals surface area contributed by atoms with Gasteiger partial charge in [-0.05, 0) is 37.6 Å². The van der Waals surface area contributed by atoms with Crippen molar-refractivity contribution in [2.24, 2.45) is 0 Å². The van der Waals surface area contributed by atoms with Crippen LogP contribution >= 0.6 is 12.4 Å². The molecule has 0 aliphatic carbocycles. The Labute approximate surface area is 138 Å². The number of hydrogen-bond donors (Lipinski definition) is 3. The first-order valence-corrected chi connectivity index (χ1v) is 8.43. The number of rotatable bonds is 8. The molecule has 0 unspecified atom stereocenters. The smallest absolute Gasteiger partial charge is 0.240 e. The highest BCUT2D eigenvalue weighted by Gasteiger charge is 2.15. The highest BCUT2D eigenvalue weighted by molar-refractivity contribution is 7.89. The Hall–Kier alpha value is -1.15. The summed E-state index contributed by atoms with van der Waals surface area (Å²) in [6.45, 7) is 7.01. The van der Waals surface area contributed by atoms with Gasteiger partial charge < -0.3 is 10.6 Å². The highest BCUT2D eigenvalue weighted by Crippen LogP contribution is 2.20. The molecule has 0 saturated heterocycles. The summed E-state index contributed by atoms with van der Waals surface area (Å²) in [5.41, 5.74) is 1.32. The lowest BCUT2D eigenvalue weighted by molar-refractivity contribution is -0.114. The second kappa shape index (κ2) is 9.78. The van der Waals surface area contributed by atoms with Crippen LogP contribution in [0.15, 0.2) is 23.1 Å². The maximum atomic E-state index is 12.2. The fourth-order valence-electron chi connectivity index (χ4n) is 1.75. The summed E-state index contributed by atoms with van der Waals surface area (Å²) in [7, 11) is -3.56. The number of sulfonamides is 1. The van der Waals surface area contributed by atoms with Crippen LogP contribution < -0.4 is 15.4 Å². The molecule has 8 heteroatoms. The van der Waals surface area contributed by atoms with Crippen LogP contribution in [0.2, 0.25) is 0 Å². The van der Waals surface area contributed by atoms with E-state index in [2.05, 4.69) is 15.4 Å². The minimum atomic E-state index is -3.56. The topological polar surface area (TPSA) is 87.3 Å². The van der Waals surface area contributed by atoms with Crippen LogP contribution in [0.1, 0.15) is 25.8 Å². The zero-order chi connectivity index (χ0) is 15.9. The average molecular weight is 350 g/mol. The average Bonchev–Trinajstić information content (AvgIpc) is 2.40. The van der Waals surface area contributed by atoms with Crippen molar-refractivity contribution in [1.29, 1.82) is 0 Å². The molecular formula is C14H24ClN3O3S. The van der Waals surface area contributed by atoms with E-state index in [-0.39, 0.29) is 23.2 Å². The third-order valence-corrected chi connectivity index (χ3v) is 4.31. The van der Waals surface area contributed by atoms with Gasteiger partial charge in [0.2, 0.25) is 15.9 Å². The van der Waals surface area contributed by atoms with Crippen LogP contribution in [0.3, 0.4) is 0 Å². The van der Waals surface area contributed by atoms with Gasteiger partial charge in [-0.25, -0.2) is 13.1 Å². The number of anilines is 1. The molecule has 0 atom stereocenters. The zero-order valence-electron chi connectivity index (χ0n) is 13.1. The zero-order valence-corrected chi connectivity index (χ0v) is 14.7. The van der Waals surface area contributed by atoms with E-state index in [4.69, 9.17) is 0 Å². The third kappa shape index (κ3) is 6.74. The molecule has 1 rings (SSSR count). The summed E-state index contributed by atoms with van der Waals surface area (Å²) < 4.78 is 26.9. The summed E-state index contributed by atoms with van der Waals surface area (Å²) in [6, 6.07) is 4.68. The van der Waals surface area contributed by atoms with Crippen LogP contribution in [-0.2, 0) is 14.8 Å². The molecule has 0 heterocycles. The number of aryl methyl sites for hydroxylation is 1. The molecule has 0 aliphatic rings. The second-order valence-corrected chi connectivity index (χ2v) is 6.57. The Kier molecular flexibility index (Phi) is 9.27. The van der Waals surface area contributed by atoms with Crippen molar-refractivity contribution in [3.63, 3.8) is 0 Å². The van der Waals surface area contributed by atoms with Crippen molar-refractivity contribution in [2.45, 2.75) is 32.1 Å². The summed E-state index contributed by atoms with van der Waals surface area (Å²) in [5, 5.41) is 5.75. The number of nitrogens with one attached hydrogen (secondary N) is 3. The molecule has 3 N–H and O–H groups in total. The SMILES string of the molecule is CCCNCCNS(=O)(=O)c1ccc(C)c(NC(C)=O)c1.Cl. The molecule has 0 radical (unpaired) electrons. The second-order valence-electron chi connectivity index (χ2n) is 4.81. The van der Waals surface area contributed by atoms with Crippen LogP contribution in [0.4, 0.5) is 5.69 Å². The quantitative estimate of drug-likeness (QED) is 0.623.